The molecule has 0 aromatic rings. The lowest BCUT2D eigenvalue weighted by molar-refractivity contribution is -0.216. The number of phosphoric acid groups is 2. The first-order chi connectivity index (χ1) is 32.5. The van der Waals surface area contributed by atoms with Crippen LogP contribution in [0.3, 0.4) is 0 Å². The van der Waals surface area contributed by atoms with E-state index >= 15 is 0 Å². The fourth-order valence-electron chi connectivity index (χ4n) is 7.08. The maximum atomic E-state index is 13.0. The highest BCUT2D eigenvalue weighted by atomic mass is 31.2. The first-order valence-electron chi connectivity index (χ1n) is 24.6. The molecule has 0 aliphatic heterocycles. The van der Waals surface area contributed by atoms with Crippen LogP contribution < -0.4 is 0 Å². The normalized spacial score (nSPS) is 22.3. The van der Waals surface area contributed by atoms with E-state index in [-0.39, 0.29) is 19.3 Å². The molecule has 0 bridgehead atoms. The summed E-state index contributed by atoms with van der Waals surface area (Å²) in [5, 5.41) is 51.7. The molecule has 0 aromatic heterocycles. The number of allylic oxidation sites excluding steroid dienone is 11. The van der Waals surface area contributed by atoms with Gasteiger partial charge in [0, 0.05) is 12.8 Å². The van der Waals surface area contributed by atoms with Crippen LogP contribution in [0.2, 0.25) is 0 Å². The second kappa shape index (κ2) is 39.1. The smallest absolute Gasteiger partial charge is 0.462 e. The second-order valence-electron chi connectivity index (χ2n) is 17.0. The van der Waals surface area contributed by atoms with Crippen molar-refractivity contribution < 1.29 is 82.0 Å². The standard InChI is InChI=1S/C49H84O17P2/c1-3-5-7-9-11-13-15-17-19-21-22-24-26-28-30-32-34-40(50)36-37-43(52)64-41(38-62-42(51)35-33-31-29-27-25-23-20-18-16-14-12-10-8-6-4-2)39-63-68(60,61)66-49-46(55)44(53)45(54)48(47(49)56)65-67(57,58)59/h5,7,11,13,17,19,22,24,28,30,32,34,40-41,44-50,53-56H,3-4,6,8-10,12,14-16,18,20-21,23,25-27,29,31,33,35-39H2,1-2H3,(H,60,61)(H2,57,58,59)/b7-5-,13-11-,19-17-,24-22-,30-28-,34-32-/t40?,41-,44?,45?,46?,47?,48-,49+/m1/s1. The van der Waals surface area contributed by atoms with E-state index < -0.39 is 89.6 Å². The van der Waals surface area contributed by atoms with Gasteiger partial charge < -0.3 is 49.7 Å². The highest BCUT2D eigenvalue weighted by molar-refractivity contribution is 7.47. The van der Waals surface area contributed by atoms with Crippen LogP contribution in [0.5, 0.6) is 0 Å². The fourth-order valence-corrected chi connectivity index (χ4v) is 8.62. The van der Waals surface area contributed by atoms with Crippen LogP contribution in [-0.2, 0) is 41.8 Å². The molecule has 1 saturated carbocycles. The molecule has 1 aliphatic carbocycles. The van der Waals surface area contributed by atoms with Crippen molar-refractivity contribution in [2.75, 3.05) is 13.2 Å². The van der Waals surface area contributed by atoms with Gasteiger partial charge in [-0.2, -0.15) is 0 Å². The molecule has 68 heavy (non-hydrogen) atoms. The van der Waals surface area contributed by atoms with Crippen molar-refractivity contribution in [1.29, 1.82) is 0 Å². The van der Waals surface area contributed by atoms with E-state index in [1.54, 1.807) is 12.2 Å². The summed E-state index contributed by atoms with van der Waals surface area (Å²) < 4.78 is 49.2. The van der Waals surface area contributed by atoms with E-state index in [1.807, 2.05) is 12.2 Å². The van der Waals surface area contributed by atoms with Gasteiger partial charge in [0.05, 0.1) is 12.7 Å². The molecular weight excluding hydrogens is 922 g/mol. The number of ether oxygens (including phenoxy) is 2. The molecule has 0 spiro atoms. The summed E-state index contributed by atoms with van der Waals surface area (Å²) in [4.78, 5) is 54.3. The van der Waals surface area contributed by atoms with Crippen LogP contribution in [0.15, 0.2) is 72.9 Å². The number of unbranched alkanes of at least 4 members (excludes halogenated alkanes) is 14. The lowest BCUT2D eigenvalue weighted by Gasteiger charge is -2.43. The molecule has 19 heteroatoms. The third kappa shape index (κ3) is 33.1. The van der Waals surface area contributed by atoms with E-state index in [2.05, 4.69) is 60.9 Å². The first-order valence-corrected chi connectivity index (χ1v) is 27.6. The van der Waals surface area contributed by atoms with Gasteiger partial charge >= 0.3 is 27.6 Å². The zero-order chi connectivity index (χ0) is 50.5. The first kappa shape index (κ1) is 63.4. The molecule has 17 nitrogen and oxygen atoms in total. The van der Waals surface area contributed by atoms with Gasteiger partial charge in [-0.15, -0.1) is 0 Å². The molecule has 0 heterocycles. The van der Waals surface area contributed by atoms with E-state index in [1.165, 1.54) is 70.3 Å². The zero-order valence-corrected chi connectivity index (χ0v) is 42.2. The summed E-state index contributed by atoms with van der Waals surface area (Å²) in [5.41, 5.74) is 0. The third-order valence-corrected chi connectivity index (χ3v) is 12.4. The van der Waals surface area contributed by atoms with Crippen LogP contribution in [-0.4, -0.2) is 114 Å². The molecular formula is C49H84O17P2. The predicted octanol–water partition coefficient (Wildman–Crippen LogP) is 8.59. The van der Waals surface area contributed by atoms with Crippen molar-refractivity contribution in [3.63, 3.8) is 0 Å². The van der Waals surface area contributed by atoms with Crippen LogP contribution >= 0.6 is 15.6 Å². The SMILES string of the molecule is CC/C=C\C/C=C\C/C=C\C/C=C\C/C=C\C=C/C(O)CCC(=O)O[C@H](COC(=O)CCCCCCCCCCCCCCCCC)COP(=O)(O)O[C@H]1C(O)C(O)C(O)[C@@H](OP(=O)(O)O)C1O. The minimum Gasteiger partial charge on any atom is -0.462 e. The molecule has 0 radical (unpaired) electrons. The Balaban J connectivity index is 2.68. The number of aliphatic hydroxyl groups excluding tert-OH is 5. The van der Waals surface area contributed by atoms with Crippen LogP contribution in [0.25, 0.3) is 0 Å². The van der Waals surface area contributed by atoms with Gasteiger partial charge in [-0.05, 0) is 44.9 Å². The Morgan fingerprint density at radius 2 is 1.01 bits per heavy atom. The summed E-state index contributed by atoms with van der Waals surface area (Å²) in [6, 6.07) is 0. The monoisotopic (exact) mass is 1010 g/mol. The summed E-state index contributed by atoms with van der Waals surface area (Å²) in [5.74, 6) is -1.49. The van der Waals surface area contributed by atoms with E-state index in [4.69, 9.17) is 18.5 Å². The average Bonchev–Trinajstić information content (AvgIpc) is 3.29. The second-order valence-corrected chi connectivity index (χ2v) is 19.6. The third-order valence-electron chi connectivity index (χ3n) is 10.9. The molecule has 1 fully saturated rings. The summed E-state index contributed by atoms with van der Waals surface area (Å²) in [6.45, 7) is 2.80. The summed E-state index contributed by atoms with van der Waals surface area (Å²) in [6.07, 6.45) is 28.8. The quantitative estimate of drug-likeness (QED) is 0.00938. The number of phosphoric ester groups is 2. The molecule has 9 atom stereocenters. The zero-order valence-electron chi connectivity index (χ0n) is 40.4. The molecule has 392 valence electrons. The van der Waals surface area contributed by atoms with Crippen LogP contribution in [0.1, 0.15) is 162 Å². The molecule has 1 aliphatic rings. The Hall–Kier alpha value is -2.60. The van der Waals surface area contributed by atoms with Gasteiger partial charge in [-0.3, -0.25) is 23.2 Å². The van der Waals surface area contributed by atoms with Crippen molar-refractivity contribution in [3.8, 4) is 0 Å². The number of esters is 2. The number of hydrogen-bond acceptors (Lipinski definition) is 14. The van der Waals surface area contributed by atoms with E-state index in [9.17, 15) is 58.9 Å². The van der Waals surface area contributed by atoms with Gasteiger partial charge in [0.15, 0.2) is 6.10 Å². The molecule has 8 N–H and O–H groups in total. The maximum Gasteiger partial charge on any atom is 0.472 e. The van der Waals surface area contributed by atoms with Crippen LogP contribution in [0, 0.1) is 0 Å². The van der Waals surface area contributed by atoms with Crippen molar-refractivity contribution >= 4 is 27.6 Å². The van der Waals surface area contributed by atoms with Crippen LogP contribution in [0.4, 0.5) is 0 Å². The number of hydrogen-bond donors (Lipinski definition) is 8. The highest BCUT2D eigenvalue weighted by Gasteiger charge is 2.54. The Bertz CT molecular complexity index is 1610. The lowest BCUT2D eigenvalue weighted by atomic mass is 9.85. The van der Waals surface area contributed by atoms with Gasteiger partial charge in [-0.1, -0.05) is 177 Å². The molecule has 0 amide bonds. The Morgan fingerprint density at radius 1 is 0.544 bits per heavy atom. The molecule has 0 aromatic carbocycles. The van der Waals surface area contributed by atoms with Gasteiger partial charge in [-0.25, -0.2) is 9.13 Å². The van der Waals surface area contributed by atoms with Crippen molar-refractivity contribution in [1.82, 2.24) is 0 Å². The number of carbonyl (C=O) groups excluding carboxylic acids is 2. The lowest BCUT2D eigenvalue weighted by Crippen LogP contribution is -2.64. The highest BCUT2D eigenvalue weighted by Crippen LogP contribution is 2.49. The topological polar surface area (TPSA) is 276 Å². The van der Waals surface area contributed by atoms with Crippen molar-refractivity contribution in [3.05, 3.63) is 72.9 Å². The average molecular weight is 1010 g/mol. The van der Waals surface area contributed by atoms with Gasteiger partial charge in [0.25, 0.3) is 0 Å². The molecule has 0 saturated heterocycles. The van der Waals surface area contributed by atoms with Gasteiger partial charge in [0.1, 0.15) is 43.2 Å². The fraction of sp³-hybridized carbons (Fsp3) is 0.714. The predicted molar refractivity (Wildman–Crippen MR) is 261 cm³/mol. The number of rotatable bonds is 40. The Kier molecular flexibility index (Phi) is 36.4. The minimum atomic E-state index is -5.39. The van der Waals surface area contributed by atoms with E-state index in [0.717, 1.165) is 51.4 Å². The summed E-state index contributed by atoms with van der Waals surface area (Å²) in [7, 11) is -10.8. The Labute approximate surface area is 404 Å². The van der Waals surface area contributed by atoms with Gasteiger partial charge in [0.2, 0.25) is 0 Å². The van der Waals surface area contributed by atoms with Crippen molar-refractivity contribution in [2.45, 2.75) is 210 Å². The van der Waals surface area contributed by atoms with Crippen molar-refractivity contribution in [2.24, 2.45) is 0 Å². The minimum absolute atomic E-state index is 0.0579. The largest absolute Gasteiger partial charge is 0.472 e. The summed E-state index contributed by atoms with van der Waals surface area (Å²) >= 11 is 0. The molecule has 6 unspecified atom stereocenters. The maximum absolute atomic E-state index is 13.0. The molecule has 1 rings (SSSR count). The number of aliphatic hydroxyl groups is 5. The Morgan fingerprint density at radius 3 is 1.51 bits per heavy atom. The number of carbonyl (C=O) groups is 2. The van der Waals surface area contributed by atoms with E-state index in [0.29, 0.717) is 12.8 Å².